The van der Waals surface area contributed by atoms with E-state index in [-0.39, 0.29) is 0 Å². The summed E-state index contributed by atoms with van der Waals surface area (Å²) < 4.78 is 10.6. The first-order chi connectivity index (χ1) is 7.33. The van der Waals surface area contributed by atoms with Gasteiger partial charge in [-0.3, -0.25) is 0 Å². The molecule has 1 unspecified atom stereocenters. The van der Waals surface area contributed by atoms with Crippen LogP contribution in [0.2, 0.25) is 0 Å². The van der Waals surface area contributed by atoms with E-state index in [0.29, 0.717) is 12.8 Å². The highest BCUT2D eigenvalue weighted by Crippen LogP contribution is 2.32. The van der Waals surface area contributed by atoms with Crippen LogP contribution in [0.25, 0.3) is 0 Å². The third-order valence-electron chi connectivity index (χ3n) is 2.93. The average molecular weight is 208 g/mol. The second kappa shape index (κ2) is 4.53. The van der Waals surface area contributed by atoms with Crippen molar-refractivity contribution in [3.8, 4) is 11.5 Å². The van der Waals surface area contributed by atoms with Gasteiger partial charge in [-0.2, -0.15) is 0 Å². The molecule has 15 heavy (non-hydrogen) atoms. The van der Waals surface area contributed by atoms with Gasteiger partial charge in [-0.1, -0.05) is 13.0 Å². The second-order valence-corrected chi connectivity index (χ2v) is 3.89. The van der Waals surface area contributed by atoms with E-state index < -0.39 is 0 Å². The first-order valence-electron chi connectivity index (χ1n) is 5.51. The molecule has 0 bridgehead atoms. The van der Waals surface area contributed by atoms with Crippen LogP contribution >= 0.6 is 0 Å². The molecule has 0 spiro atoms. The number of ether oxygens (including phenoxy) is 2. The topological polar surface area (TPSA) is 35.1 Å². The molecule has 2 N–H and O–H groups in total. The summed E-state index contributed by atoms with van der Waals surface area (Å²) in [5, 5.41) is 2.27. The molecule has 1 aliphatic rings. The van der Waals surface area contributed by atoms with E-state index in [0.717, 1.165) is 17.9 Å². The molecule has 1 atom stereocenters. The summed E-state index contributed by atoms with van der Waals surface area (Å²) in [6, 6.07) is 6.87. The predicted octanol–water partition coefficient (Wildman–Crippen LogP) is 0.930. The van der Waals surface area contributed by atoms with Gasteiger partial charge in [0.2, 0.25) is 6.79 Å². The minimum Gasteiger partial charge on any atom is -0.454 e. The molecule has 1 aromatic carbocycles. The fourth-order valence-corrected chi connectivity index (χ4v) is 1.87. The van der Waals surface area contributed by atoms with Crippen molar-refractivity contribution in [2.45, 2.75) is 25.8 Å². The Morgan fingerprint density at radius 3 is 2.87 bits per heavy atom. The highest BCUT2D eigenvalue weighted by Gasteiger charge is 2.15. The SMILES string of the molecule is CCC(Cc1ccc2c(c1)OCO2)[NH2+]C. The smallest absolute Gasteiger partial charge is 0.231 e. The maximum absolute atomic E-state index is 5.36. The third-order valence-corrected chi connectivity index (χ3v) is 2.93. The Morgan fingerprint density at radius 1 is 1.33 bits per heavy atom. The molecule has 0 aliphatic carbocycles. The molecule has 0 saturated carbocycles. The summed E-state index contributed by atoms with van der Waals surface area (Å²) in [5.41, 5.74) is 1.32. The normalized spacial score (nSPS) is 15.3. The zero-order chi connectivity index (χ0) is 10.7. The van der Waals surface area contributed by atoms with Crippen LogP contribution in [0.1, 0.15) is 18.9 Å². The molecule has 3 heteroatoms. The van der Waals surface area contributed by atoms with Crippen molar-refractivity contribution in [1.82, 2.24) is 0 Å². The Labute approximate surface area is 90.4 Å². The Kier molecular flexibility index (Phi) is 3.11. The molecule has 1 heterocycles. The van der Waals surface area contributed by atoms with Crippen LogP contribution in [0.5, 0.6) is 11.5 Å². The number of likely N-dealkylation sites (N-methyl/N-ethyl adjacent to an activating group) is 1. The van der Waals surface area contributed by atoms with Crippen molar-refractivity contribution in [2.24, 2.45) is 0 Å². The van der Waals surface area contributed by atoms with E-state index >= 15 is 0 Å². The summed E-state index contributed by atoms with van der Waals surface area (Å²) in [7, 11) is 2.13. The fraction of sp³-hybridized carbons (Fsp3) is 0.500. The minimum atomic E-state index is 0.357. The lowest BCUT2D eigenvalue weighted by Gasteiger charge is -2.10. The van der Waals surface area contributed by atoms with Crippen molar-refractivity contribution in [1.29, 1.82) is 0 Å². The third kappa shape index (κ3) is 2.23. The number of quaternary nitrogens is 1. The summed E-state index contributed by atoms with van der Waals surface area (Å²) in [5.74, 6) is 1.76. The van der Waals surface area contributed by atoms with Crippen LogP contribution in [0.15, 0.2) is 18.2 Å². The molecule has 0 amide bonds. The van der Waals surface area contributed by atoms with Gasteiger partial charge in [0, 0.05) is 6.42 Å². The highest BCUT2D eigenvalue weighted by molar-refractivity contribution is 5.44. The van der Waals surface area contributed by atoms with Crippen molar-refractivity contribution in [2.75, 3.05) is 13.8 Å². The largest absolute Gasteiger partial charge is 0.454 e. The lowest BCUT2D eigenvalue weighted by molar-refractivity contribution is -0.663. The number of fused-ring (bicyclic) bond motifs is 1. The van der Waals surface area contributed by atoms with Crippen LogP contribution in [-0.4, -0.2) is 19.9 Å². The molecule has 1 aromatic rings. The van der Waals surface area contributed by atoms with Crippen LogP contribution in [0.3, 0.4) is 0 Å². The van der Waals surface area contributed by atoms with E-state index in [1.807, 2.05) is 6.07 Å². The summed E-state index contributed by atoms with van der Waals surface area (Å²) in [4.78, 5) is 0. The van der Waals surface area contributed by atoms with Crippen LogP contribution in [0.4, 0.5) is 0 Å². The van der Waals surface area contributed by atoms with Gasteiger partial charge in [0.15, 0.2) is 11.5 Å². The maximum Gasteiger partial charge on any atom is 0.231 e. The lowest BCUT2D eigenvalue weighted by Crippen LogP contribution is -2.86. The van der Waals surface area contributed by atoms with Gasteiger partial charge < -0.3 is 14.8 Å². The van der Waals surface area contributed by atoms with Crippen molar-refractivity contribution in [3.05, 3.63) is 23.8 Å². The minimum absolute atomic E-state index is 0.357. The van der Waals surface area contributed by atoms with Crippen molar-refractivity contribution >= 4 is 0 Å². The number of benzene rings is 1. The summed E-state index contributed by atoms with van der Waals surface area (Å²) >= 11 is 0. The average Bonchev–Trinajstić information content (AvgIpc) is 2.73. The van der Waals surface area contributed by atoms with Crippen LogP contribution in [0, 0.1) is 0 Å². The number of hydrogen-bond donors (Lipinski definition) is 1. The number of hydrogen-bond acceptors (Lipinski definition) is 2. The molecule has 0 fully saturated rings. The second-order valence-electron chi connectivity index (χ2n) is 3.89. The quantitative estimate of drug-likeness (QED) is 0.799. The van der Waals surface area contributed by atoms with E-state index in [1.165, 1.54) is 12.0 Å². The summed E-state index contributed by atoms with van der Waals surface area (Å²) in [6.45, 7) is 2.58. The molecule has 82 valence electrons. The molecule has 2 rings (SSSR count). The van der Waals surface area contributed by atoms with Gasteiger partial charge >= 0.3 is 0 Å². The first-order valence-corrected chi connectivity index (χ1v) is 5.51. The molecule has 1 aliphatic heterocycles. The first kappa shape index (κ1) is 10.3. The Bertz CT molecular complexity index is 334. The zero-order valence-corrected chi connectivity index (χ0v) is 9.32. The fourth-order valence-electron chi connectivity index (χ4n) is 1.87. The number of nitrogens with two attached hydrogens (primary N) is 1. The van der Waals surface area contributed by atoms with E-state index in [1.54, 1.807) is 0 Å². The van der Waals surface area contributed by atoms with E-state index in [9.17, 15) is 0 Å². The van der Waals surface area contributed by atoms with Crippen LogP contribution < -0.4 is 14.8 Å². The van der Waals surface area contributed by atoms with Gasteiger partial charge in [-0.05, 0) is 24.1 Å². The zero-order valence-electron chi connectivity index (χ0n) is 9.32. The van der Waals surface area contributed by atoms with Crippen molar-refractivity contribution < 1.29 is 14.8 Å². The van der Waals surface area contributed by atoms with Crippen molar-refractivity contribution in [3.63, 3.8) is 0 Å². The summed E-state index contributed by atoms with van der Waals surface area (Å²) in [6.07, 6.45) is 2.27. The standard InChI is InChI=1S/C12H17NO2/c1-3-10(13-2)6-9-4-5-11-12(7-9)15-8-14-11/h4-5,7,10,13H,3,6,8H2,1-2H3/p+1. The molecule has 0 aromatic heterocycles. The van der Waals surface area contributed by atoms with E-state index in [2.05, 4.69) is 31.4 Å². The molecular formula is C12H18NO2+. The van der Waals surface area contributed by atoms with Gasteiger partial charge in [0.1, 0.15) is 0 Å². The van der Waals surface area contributed by atoms with Gasteiger partial charge in [0.25, 0.3) is 0 Å². The predicted molar refractivity (Wildman–Crippen MR) is 58.2 cm³/mol. The number of rotatable bonds is 4. The highest BCUT2D eigenvalue weighted by atomic mass is 16.7. The van der Waals surface area contributed by atoms with Gasteiger partial charge in [0.05, 0.1) is 13.1 Å². The Hall–Kier alpha value is -1.22. The van der Waals surface area contributed by atoms with Gasteiger partial charge in [-0.25, -0.2) is 0 Å². The molecule has 0 saturated heterocycles. The Balaban J connectivity index is 2.09. The monoisotopic (exact) mass is 208 g/mol. The van der Waals surface area contributed by atoms with Gasteiger partial charge in [-0.15, -0.1) is 0 Å². The maximum atomic E-state index is 5.36. The van der Waals surface area contributed by atoms with E-state index in [4.69, 9.17) is 9.47 Å². The molecule has 3 nitrogen and oxygen atoms in total. The molecular weight excluding hydrogens is 190 g/mol. The Morgan fingerprint density at radius 2 is 2.13 bits per heavy atom. The molecule has 0 radical (unpaired) electrons. The van der Waals surface area contributed by atoms with Crippen LogP contribution in [-0.2, 0) is 6.42 Å². The lowest BCUT2D eigenvalue weighted by atomic mass is 10.0.